The molecule has 2 bridgehead atoms. The Labute approximate surface area is 176 Å². The number of hydrogen-bond acceptors (Lipinski definition) is 3. The molecule has 3 aliphatic rings. The van der Waals surface area contributed by atoms with Crippen molar-refractivity contribution in [2.24, 2.45) is 5.41 Å². The van der Waals surface area contributed by atoms with Crippen LogP contribution < -0.4 is 5.32 Å². The van der Waals surface area contributed by atoms with Crippen molar-refractivity contribution < 1.29 is 5.11 Å². The van der Waals surface area contributed by atoms with Gasteiger partial charge in [0.05, 0.1) is 5.69 Å². The number of likely N-dealkylation sites (N-methyl/N-ethyl adjacent to an activating group) is 1. The molecule has 2 fully saturated rings. The topological polar surface area (TPSA) is 35.5 Å². The lowest BCUT2D eigenvalue weighted by Crippen LogP contribution is -2.66. The van der Waals surface area contributed by atoms with Gasteiger partial charge < -0.3 is 15.3 Å². The summed E-state index contributed by atoms with van der Waals surface area (Å²) in [6.07, 6.45) is 7.51. The molecule has 3 nitrogen and oxygen atoms in total. The fraction of sp³-hybridized carbons (Fsp3) is 0.500. The number of benzene rings is 2. The van der Waals surface area contributed by atoms with E-state index in [0.29, 0.717) is 17.2 Å². The Morgan fingerprint density at radius 1 is 1.11 bits per heavy atom. The minimum atomic E-state index is 0.226. The van der Waals surface area contributed by atoms with Crippen molar-refractivity contribution in [3.05, 3.63) is 52.0 Å². The van der Waals surface area contributed by atoms with Crippen LogP contribution in [-0.2, 0) is 11.8 Å². The molecule has 4 heteroatoms. The van der Waals surface area contributed by atoms with Crippen LogP contribution in [0.15, 0.2) is 40.9 Å². The number of nitrogens with one attached hydrogen (secondary N) is 1. The van der Waals surface area contributed by atoms with E-state index in [4.69, 9.17) is 0 Å². The Bertz CT molecular complexity index is 912. The lowest BCUT2D eigenvalue weighted by Gasteiger charge is -2.65. The summed E-state index contributed by atoms with van der Waals surface area (Å²) in [7, 11) is 2.31. The summed E-state index contributed by atoms with van der Waals surface area (Å²) in [5.74, 6) is 0.376. The lowest BCUT2D eigenvalue weighted by molar-refractivity contribution is -0.0735. The summed E-state index contributed by atoms with van der Waals surface area (Å²) in [6.45, 7) is 3.69. The summed E-state index contributed by atoms with van der Waals surface area (Å²) < 4.78 is 1.05. The normalized spacial score (nSPS) is 31.8. The molecule has 0 radical (unpaired) electrons. The predicted octanol–water partition coefficient (Wildman–Crippen LogP) is 5.98. The first-order chi connectivity index (χ1) is 13.4. The number of phenols is 1. The van der Waals surface area contributed by atoms with E-state index in [2.05, 4.69) is 52.3 Å². The molecular formula is C24H29BrN2O. The number of likely N-dealkylation sites (tertiary alicyclic amines) is 1. The number of halogens is 1. The van der Waals surface area contributed by atoms with Gasteiger partial charge in [-0.3, -0.25) is 0 Å². The number of piperidine rings is 1. The SMILES string of the molecule is CN1CCC23CCCCC2(C)C1Cc1cc(Nc2ccc(Br)cc2)c(O)cc13. The van der Waals surface area contributed by atoms with Gasteiger partial charge in [0.15, 0.2) is 0 Å². The molecule has 2 aromatic carbocycles. The van der Waals surface area contributed by atoms with Gasteiger partial charge in [0.2, 0.25) is 0 Å². The second kappa shape index (κ2) is 6.50. The smallest absolute Gasteiger partial charge is 0.139 e. The Morgan fingerprint density at radius 2 is 1.86 bits per heavy atom. The zero-order chi connectivity index (χ0) is 19.5. The Balaban J connectivity index is 1.59. The van der Waals surface area contributed by atoms with E-state index in [1.807, 2.05) is 24.3 Å². The number of nitrogens with zero attached hydrogens (tertiary/aromatic N) is 1. The molecule has 0 amide bonds. The standard InChI is InChI=1S/C24H29BrN2O/c1-23-9-3-4-10-24(23)11-12-27(2)22(23)14-16-13-20(21(28)15-19(16)24)26-18-7-5-17(25)6-8-18/h5-8,13,15,22,26,28H,3-4,9-12,14H2,1-2H3. The Kier molecular flexibility index (Phi) is 4.29. The van der Waals surface area contributed by atoms with E-state index in [9.17, 15) is 5.11 Å². The van der Waals surface area contributed by atoms with Crippen LogP contribution in [0, 0.1) is 5.41 Å². The molecule has 1 heterocycles. The number of aromatic hydroxyl groups is 1. The second-order valence-electron chi connectivity index (χ2n) is 9.32. The van der Waals surface area contributed by atoms with Gasteiger partial charge in [-0.25, -0.2) is 0 Å². The van der Waals surface area contributed by atoms with Crippen LogP contribution in [0.3, 0.4) is 0 Å². The zero-order valence-corrected chi connectivity index (χ0v) is 18.3. The van der Waals surface area contributed by atoms with E-state index in [1.54, 1.807) is 0 Å². The lowest BCUT2D eigenvalue weighted by atomic mass is 9.45. The first-order valence-corrected chi connectivity index (χ1v) is 11.3. The molecule has 0 aromatic heterocycles. The minimum Gasteiger partial charge on any atom is -0.506 e. The summed E-state index contributed by atoms with van der Waals surface area (Å²) in [5.41, 5.74) is 5.21. The van der Waals surface area contributed by atoms with E-state index < -0.39 is 0 Å². The van der Waals surface area contributed by atoms with Crippen molar-refractivity contribution in [1.82, 2.24) is 4.90 Å². The highest BCUT2D eigenvalue weighted by molar-refractivity contribution is 9.10. The molecule has 2 aromatic rings. The molecule has 28 heavy (non-hydrogen) atoms. The van der Waals surface area contributed by atoms with Crippen LogP contribution >= 0.6 is 15.9 Å². The van der Waals surface area contributed by atoms with Crippen molar-refractivity contribution >= 4 is 27.3 Å². The molecule has 148 valence electrons. The van der Waals surface area contributed by atoms with Crippen LogP contribution in [0.1, 0.15) is 50.2 Å². The first kappa shape index (κ1) is 18.5. The average Bonchev–Trinajstić information content (AvgIpc) is 2.68. The molecule has 2 aliphatic carbocycles. The van der Waals surface area contributed by atoms with Crippen molar-refractivity contribution in [2.45, 2.75) is 56.9 Å². The molecule has 2 N–H and O–H groups in total. The maximum absolute atomic E-state index is 10.9. The average molecular weight is 441 g/mol. The van der Waals surface area contributed by atoms with Gasteiger partial charge in [0.25, 0.3) is 0 Å². The van der Waals surface area contributed by atoms with Gasteiger partial charge in [-0.15, -0.1) is 0 Å². The highest BCUT2D eigenvalue weighted by Gasteiger charge is 2.60. The largest absolute Gasteiger partial charge is 0.506 e. The van der Waals surface area contributed by atoms with Crippen LogP contribution in [0.5, 0.6) is 5.75 Å². The van der Waals surface area contributed by atoms with Crippen molar-refractivity contribution in [3.8, 4) is 5.75 Å². The molecule has 5 rings (SSSR count). The number of phenolic OH excluding ortho intramolecular Hbond substituents is 1. The van der Waals surface area contributed by atoms with E-state index >= 15 is 0 Å². The summed E-state index contributed by atoms with van der Waals surface area (Å²) in [5, 5.41) is 14.3. The number of rotatable bonds is 2. The maximum atomic E-state index is 10.9. The molecule has 0 spiro atoms. The van der Waals surface area contributed by atoms with E-state index in [0.717, 1.165) is 22.3 Å². The Morgan fingerprint density at radius 3 is 2.64 bits per heavy atom. The van der Waals surface area contributed by atoms with Crippen molar-refractivity contribution in [2.75, 3.05) is 18.9 Å². The molecule has 3 atom stereocenters. The maximum Gasteiger partial charge on any atom is 0.139 e. The van der Waals surface area contributed by atoms with Gasteiger partial charge in [-0.05, 0) is 92.2 Å². The van der Waals surface area contributed by atoms with Crippen molar-refractivity contribution in [3.63, 3.8) is 0 Å². The van der Waals surface area contributed by atoms with Gasteiger partial charge in [-0.2, -0.15) is 0 Å². The van der Waals surface area contributed by atoms with Crippen LogP contribution in [0.2, 0.25) is 0 Å². The summed E-state index contributed by atoms with van der Waals surface area (Å²) in [6, 6.07) is 13.0. The predicted molar refractivity (Wildman–Crippen MR) is 119 cm³/mol. The van der Waals surface area contributed by atoms with Crippen molar-refractivity contribution in [1.29, 1.82) is 0 Å². The van der Waals surface area contributed by atoms with Crippen LogP contribution in [-0.4, -0.2) is 29.6 Å². The number of hydrogen-bond donors (Lipinski definition) is 2. The number of anilines is 2. The van der Waals surface area contributed by atoms with E-state index in [1.165, 1.54) is 49.8 Å². The van der Waals surface area contributed by atoms with Crippen LogP contribution in [0.4, 0.5) is 11.4 Å². The molecule has 1 saturated heterocycles. The third kappa shape index (κ3) is 2.57. The van der Waals surface area contributed by atoms with E-state index in [-0.39, 0.29) is 5.41 Å². The summed E-state index contributed by atoms with van der Waals surface area (Å²) >= 11 is 3.48. The highest BCUT2D eigenvalue weighted by atomic mass is 79.9. The minimum absolute atomic E-state index is 0.226. The van der Waals surface area contributed by atoms with Gasteiger partial charge in [-0.1, -0.05) is 35.7 Å². The van der Waals surface area contributed by atoms with Crippen LogP contribution in [0.25, 0.3) is 0 Å². The molecule has 1 saturated carbocycles. The fourth-order valence-electron chi connectivity index (χ4n) is 6.55. The van der Waals surface area contributed by atoms with Gasteiger partial charge in [0.1, 0.15) is 5.75 Å². The molecule has 3 unspecified atom stereocenters. The highest BCUT2D eigenvalue weighted by Crippen LogP contribution is 2.63. The van der Waals surface area contributed by atoms with Gasteiger partial charge in [0, 0.05) is 21.6 Å². The monoisotopic (exact) mass is 440 g/mol. The quantitative estimate of drug-likeness (QED) is 0.563. The Hall–Kier alpha value is -1.52. The number of fused-ring (bicyclic) bond motifs is 1. The summed E-state index contributed by atoms with van der Waals surface area (Å²) in [4.78, 5) is 2.60. The zero-order valence-electron chi connectivity index (χ0n) is 16.8. The third-order valence-corrected chi connectivity index (χ3v) is 8.60. The first-order valence-electron chi connectivity index (χ1n) is 10.5. The fourth-order valence-corrected chi connectivity index (χ4v) is 6.82. The molecular weight excluding hydrogens is 412 g/mol. The third-order valence-electron chi connectivity index (χ3n) is 8.08. The van der Waals surface area contributed by atoms with Gasteiger partial charge >= 0.3 is 0 Å². The second-order valence-corrected chi connectivity index (χ2v) is 10.2. The molecule has 1 aliphatic heterocycles.